The molecule has 0 N–H and O–H groups in total. The monoisotopic (exact) mass is 574 g/mol. The van der Waals surface area contributed by atoms with Crippen LogP contribution >= 0.6 is 39.0 Å². The summed E-state index contributed by atoms with van der Waals surface area (Å²) < 4.78 is 9.02. The van der Waals surface area contributed by atoms with Gasteiger partial charge in [-0.2, -0.15) is 0 Å². The third-order valence-electron chi connectivity index (χ3n) is 6.78. The molecule has 180 valence electrons. The van der Waals surface area contributed by atoms with Crippen LogP contribution in [0, 0.1) is 0 Å². The summed E-state index contributed by atoms with van der Waals surface area (Å²) in [5.41, 5.74) is 6.66. The summed E-state index contributed by atoms with van der Waals surface area (Å²) in [6.07, 6.45) is 5.82. The molecule has 36 heavy (non-hydrogen) atoms. The summed E-state index contributed by atoms with van der Waals surface area (Å²) in [6, 6.07) is 22.7. The van der Waals surface area contributed by atoms with E-state index in [0.29, 0.717) is 4.53 Å². The summed E-state index contributed by atoms with van der Waals surface area (Å²) >= 11 is 6.70. The highest BCUT2D eigenvalue weighted by atomic mass is 79.9. The number of hydrogen-bond acceptors (Lipinski definition) is 5. The molecule has 0 saturated carbocycles. The van der Waals surface area contributed by atoms with Gasteiger partial charge in [-0.3, -0.25) is 9.36 Å². The van der Waals surface area contributed by atoms with E-state index in [1.54, 1.807) is 18.9 Å². The maximum absolute atomic E-state index is 13.9. The van der Waals surface area contributed by atoms with Crippen LogP contribution in [0.4, 0.5) is 0 Å². The van der Waals surface area contributed by atoms with E-state index in [1.165, 1.54) is 32.9 Å². The van der Waals surface area contributed by atoms with E-state index in [2.05, 4.69) is 70.7 Å². The molecule has 2 heterocycles. The van der Waals surface area contributed by atoms with Gasteiger partial charge < -0.3 is 4.74 Å². The Morgan fingerprint density at radius 2 is 1.92 bits per heavy atom. The zero-order valence-electron chi connectivity index (χ0n) is 19.8. The third kappa shape index (κ3) is 3.99. The molecule has 0 fully saturated rings. The van der Waals surface area contributed by atoms with Crippen LogP contribution in [0.25, 0.3) is 11.8 Å². The Hall–Kier alpha value is -2.87. The maximum atomic E-state index is 13.9. The molecule has 1 unspecified atom stereocenters. The topological polar surface area (TPSA) is 43.6 Å². The van der Waals surface area contributed by atoms with E-state index in [1.807, 2.05) is 28.8 Å². The first-order valence-corrected chi connectivity index (χ1v) is 14.5. The van der Waals surface area contributed by atoms with Crippen molar-refractivity contribution in [2.45, 2.75) is 23.8 Å². The second kappa shape index (κ2) is 9.54. The molecule has 0 amide bonds. The van der Waals surface area contributed by atoms with E-state index in [0.717, 1.165) is 44.7 Å². The predicted molar refractivity (Wildman–Crippen MR) is 152 cm³/mol. The zero-order chi connectivity index (χ0) is 24.8. The lowest BCUT2D eigenvalue weighted by Crippen LogP contribution is -2.38. The summed E-state index contributed by atoms with van der Waals surface area (Å²) in [5, 5.41) is 0. The van der Waals surface area contributed by atoms with Crippen molar-refractivity contribution in [3.8, 4) is 5.75 Å². The molecule has 1 aromatic heterocycles. The quantitative estimate of drug-likeness (QED) is 0.289. The molecule has 1 aliphatic carbocycles. The van der Waals surface area contributed by atoms with Gasteiger partial charge in [-0.15, -0.1) is 11.8 Å². The molecule has 0 radical (unpaired) electrons. The Morgan fingerprint density at radius 1 is 1.11 bits per heavy atom. The number of fused-ring (bicyclic) bond motifs is 3. The second-order valence-electron chi connectivity index (χ2n) is 8.77. The van der Waals surface area contributed by atoms with Crippen molar-refractivity contribution in [1.29, 1.82) is 0 Å². The number of thiazole rings is 1. The number of halogens is 1. The van der Waals surface area contributed by atoms with Crippen LogP contribution in [0.15, 0.2) is 91.5 Å². The molecule has 1 aliphatic heterocycles. The van der Waals surface area contributed by atoms with Gasteiger partial charge in [-0.25, -0.2) is 4.99 Å². The lowest BCUT2D eigenvalue weighted by molar-refractivity contribution is 0.413. The molecular formula is C29H23BrN2O2S2. The first-order chi connectivity index (χ1) is 17.6. The predicted octanol–water partition coefficient (Wildman–Crippen LogP) is 5.81. The van der Waals surface area contributed by atoms with Gasteiger partial charge in [0.1, 0.15) is 5.75 Å². The van der Waals surface area contributed by atoms with Gasteiger partial charge in [0.2, 0.25) is 0 Å². The van der Waals surface area contributed by atoms with Crippen molar-refractivity contribution >= 4 is 50.8 Å². The molecule has 1 atom stereocenters. The van der Waals surface area contributed by atoms with Crippen LogP contribution in [0.2, 0.25) is 0 Å². The highest BCUT2D eigenvalue weighted by Gasteiger charge is 2.32. The SMILES string of the molecule is COc1ccc(Br)cc1C=c1sc2n(c1=O)C(c1ccc(SC)cc1)C1=C(N=2)c2ccccc2CC1. The Kier molecular flexibility index (Phi) is 6.23. The van der Waals surface area contributed by atoms with Gasteiger partial charge in [-0.1, -0.05) is 63.7 Å². The number of aryl methyl sites for hydroxylation is 1. The van der Waals surface area contributed by atoms with Crippen molar-refractivity contribution < 1.29 is 4.74 Å². The maximum Gasteiger partial charge on any atom is 0.271 e. The summed E-state index contributed by atoms with van der Waals surface area (Å²) in [4.78, 5) is 21.0. The Labute approximate surface area is 225 Å². The number of thioether (sulfide) groups is 1. The van der Waals surface area contributed by atoms with Crippen molar-refractivity contribution in [1.82, 2.24) is 4.57 Å². The summed E-state index contributed by atoms with van der Waals surface area (Å²) in [5.74, 6) is 0.724. The first kappa shape index (κ1) is 23.5. The van der Waals surface area contributed by atoms with Crippen molar-refractivity contribution in [2.24, 2.45) is 4.99 Å². The molecule has 3 aromatic carbocycles. The molecule has 4 aromatic rings. The normalized spacial score (nSPS) is 16.8. The molecule has 7 heteroatoms. The van der Waals surface area contributed by atoms with Crippen LogP contribution in [0.1, 0.15) is 34.7 Å². The molecule has 6 rings (SSSR count). The van der Waals surface area contributed by atoms with Crippen LogP contribution < -0.4 is 19.6 Å². The Balaban J connectivity index is 1.61. The number of nitrogens with zero attached hydrogens (tertiary/aromatic N) is 2. The Morgan fingerprint density at radius 3 is 2.69 bits per heavy atom. The van der Waals surface area contributed by atoms with Gasteiger partial charge in [0.15, 0.2) is 4.80 Å². The number of aromatic nitrogens is 1. The van der Waals surface area contributed by atoms with Gasteiger partial charge in [0.05, 0.1) is 23.4 Å². The number of benzene rings is 3. The highest BCUT2D eigenvalue weighted by Crippen LogP contribution is 2.41. The van der Waals surface area contributed by atoms with E-state index < -0.39 is 0 Å². The fourth-order valence-electron chi connectivity index (χ4n) is 5.07. The van der Waals surface area contributed by atoms with Gasteiger partial charge in [-0.05, 0) is 72.2 Å². The fraction of sp³-hybridized carbons (Fsp3) is 0.172. The highest BCUT2D eigenvalue weighted by molar-refractivity contribution is 9.10. The number of ether oxygens (including phenoxy) is 1. The molecule has 0 bridgehead atoms. The molecular weight excluding hydrogens is 552 g/mol. The van der Waals surface area contributed by atoms with Crippen molar-refractivity contribution in [2.75, 3.05) is 13.4 Å². The minimum absolute atomic E-state index is 0.0230. The smallest absolute Gasteiger partial charge is 0.271 e. The zero-order valence-corrected chi connectivity index (χ0v) is 23.0. The van der Waals surface area contributed by atoms with E-state index >= 15 is 0 Å². The Bertz CT molecular complexity index is 1700. The van der Waals surface area contributed by atoms with E-state index in [-0.39, 0.29) is 11.6 Å². The minimum atomic E-state index is -0.174. The lowest BCUT2D eigenvalue weighted by Gasteiger charge is -2.30. The standard InChI is InChI=1S/C29H23BrN2O2S2/c1-34-24-14-10-20(30)15-19(24)16-25-28(33)32-27(18-7-11-21(35-2)12-8-18)23-13-9-17-5-3-4-6-22(17)26(23)31-29(32)36-25/h3-8,10-12,14-16,27H,9,13H2,1-2H3. The average Bonchev–Trinajstić information content (AvgIpc) is 3.22. The van der Waals surface area contributed by atoms with Crippen molar-refractivity contribution in [3.05, 3.63) is 119 Å². The number of methoxy groups -OCH3 is 1. The number of rotatable bonds is 4. The molecule has 4 nitrogen and oxygen atoms in total. The third-order valence-corrected chi connectivity index (χ3v) is 9.00. The lowest BCUT2D eigenvalue weighted by atomic mass is 9.83. The van der Waals surface area contributed by atoms with Gasteiger partial charge in [0, 0.05) is 20.5 Å². The van der Waals surface area contributed by atoms with Crippen LogP contribution in [0.3, 0.4) is 0 Å². The average molecular weight is 576 g/mol. The second-order valence-corrected chi connectivity index (χ2v) is 11.6. The fourth-order valence-corrected chi connectivity index (χ4v) is 6.85. The largest absolute Gasteiger partial charge is 0.496 e. The summed E-state index contributed by atoms with van der Waals surface area (Å²) in [6.45, 7) is 0. The van der Waals surface area contributed by atoms with Crippen LogP contribution in [0.5, 0.6) is 5.75 Å². The van der Waals surface area contributed by atoms with Gasteiger partial charge >= 0.3 is 0 Å². The minimum Gasteiger partial charge on any atom is -0.496 e. The van der Waals surface area contributed by atoms with Crippen molar-refractivity contribution in [3.63, 3.8) is 0 Å². The summed E-state index contributed by atoms with van der Waals surface area (Å²) in [7, 11) is 1.64. The van der Waals surface area contributed by atoms with E-state index in [9.17, 15) is 4.79 Å². The number of allylic oxidation sites excluding steroid dienone is 1. The van der Waals surface area contributed by atoms with Gasteiger partial charge in [0.25, 0.3) is 5.56 Å². The molecule has 0 spiro atoms. The first-order valence-electron chi connectivity index (χ1n) is 11.7. The molecule has 0 saturated heterocycles. The van der Waals surface area contributed by atoms with Crippen LogP contribution in [-0.2, 0) is 6.42 Å². The number of hydrogen-bond donors (Lipinski definition) is 0. The molecule has 2 aliphatic rings. The van der Waals surface area contributed by atoms with E-state index in [4.69, 9.17) is 9.73 Å². The van der Waals surface area contributed by atoms with Crippen LogP contribution in [-0.4, -0.2) is 17.9 Å².